The van der Waals surface area contributed by atoms with Crippen LogP contribution in [0.1, 0.15) is 11.1 Å². The molecule has 3 aromatic carbocycles. The van der Waals surface area contributed by atoms with Crippen LogP contribution < -0.4 is 4.74 Å². The standard InChI is InChI=1S/C18H15N3O/c19-21-20-12-17-16-9-5-4-8-15(16)10-11-18(17)22-13-14-6-2-1-3-7-14/h1-11H,12-13H2. The molecule has 0 saturated carbocycles. The highest BCUT2D eigenvalue weighted by atomic mass is 16.5. The normalized spacial score (nSPS) is 10.2. The molecule has 0 N–H and O–H groups in total. The van der Waals surface area contributed by atoms with Gasteiger partial charge in [-0.15, -0.1) is 0 Å². The molecule has 0 fully saturated rings. The Hall–Kier alpha value is -2.97. The lowest BCUT2D eigenvalue weighted by molar-refractivity contribution is 0.303. The van der Waals surface area contributed by atoms with Crippen LogP contribution in [0.4, 0.5) is 0 Å². The molecule has 108 valence electrons. The zero-order valence-electron chi connectivity index (χ0n) is 12.0. The van der Waals surface area contributed by atoms with Gasteiger partial charge in [0.25, 0.3) is 0 Å². The second-order valence-corrected chi connectivity index (χ2v) is 4.93. The van der Waals surface area contributed by atoms with Crippen LogP contribution in [0, 0.1) is 0 Å². The summed E-state index contributed by atoms with van der Waals surface area (Å²) in [5.41, 5.74) is 10.6. The van der Waals surface area contributed by atoms with Gasteiger partial charge in [0.2, 0.25) is 0 Å². The van der Waals surface area contributed by atoms with Gasteiger partial charge in [0.1, 0.15) is 12.4 Å². The van der Waals surface area contributed by atoms with E-state index in [4.69, 9.17) is 10.3 Å². The largest absolute Gasteiger partial charge is 0.489 e. The Kier molecular flexibility index (Phi) is 4.23. The van der Waals surface area contributed by atoms with Gasteiger partial charge in [0.15, 0.2) is 0 Å². The maximum Gasteiger partial charge on any atom is 0.123 e. The summed E-state index contributed by atoms with van der Waals surface area (Å²) in [6.07, 6.45) is 0. The van der Waals surface area contributed by atoms with E-state index < -0.39 is 0 Å². The van der Waals surface area contributed by atoms with E-state index in [-0.39, 0.29) is 6.54 Å². The first-order chi connectivity index (χ1) is 10.9. The molecule has 3 rings (SSSR count). The molecule has 0 radical (unpaired) electrons. The summed E-state index contributed by atoms with van der Waals surface area (Å²) in [7, 11) is 0. The quantitative estimate of drug-likeness (QED) is 0.360. The molecular formula is C18H15N3O. The van der Waals surface area contributed by atoms with Crippen molar-refractivity contribution in [3.05, 3.63) is 88.3 Å². The first kappa shape index (κ1) is 14.0. The van der Waals surface area contributed by atoms with Crippen LogP contribution in [0.5, 0.6) is 5.75 Å². The fourth-order valence-corrected chi connectivity index (χ4v) is 2.45. The van der Waals surface area contributed by atoms with E-state index >= 15 is 0 Å². The Balaban J connectivity index is 1.95. The highest BCUT2D eigenvalue weighted by Crippen LogP contribution is 2.29. The number of benzene rings is 3. The van der Waals surface area contributed by atoms with Gasteiger partial charge in [-0.2, -0.15) is 0 Å². The van der Waals surface area contributed by atoms with Crippen molar-refractivity contribution in [1.82, 2.24) is 0 Å². The average molecular weight is 289 g/mol. The van der Waals surface area contributed by atoms with Crippen LogP contribution in [0.2, 0.25) is 0 Å². The second-order valence-electron chi connectivity index (χ2n) is 4.93. The molecule has 0 bridgehead atoms. The first-order valence-corrected chi connectivity index (χ1v) is 7.06. The minimum absolute atomic E-state index is 0.280. The molecule has 0 heterocycles. The minimum atomic E-state index is 0.280. The molecule has 22 heavy (non-hydrogen) atoms. The van der Waals surface area contributed by atoms with Gasteiger partial charge < -0.3 is 4.74 Å². The van der Waals surface area contributed by atoms with Crippen molar-refractivity contribution in [2.45, 2.75) is 13.2 Å². The van der Waals surface area contributed by atoms with Crippen molar-refractivity contribution < 1.29 is 4.74 Å². The number of hydrogen-bond acceptors (Lipinski definition) is 2. The fourth-order valence-electron chi connectivity index (χ4n) is 2.45. The molecule has 0 aliphatic carbocycles. The molecule has 0 saturated heterocycles. The molecular weight excluding hydrogens is 274 g/mol. The Bertz CT molecular complexity index is 824. The van der Waals surface area contributed by atoms with Crippen LogP contribution >= 0.6 is 0 Å². The lowest BCUT2D eigenvalue weighted by atomic mass is 10.0. The smallest absolute Gasteiger partial charge is 0.123 e. The van der Waals surface area contributed by atoms with E-state index in [0.717, 1.165) is 27.6 Å². The first-order valence-electron chi connectivity index (χ1n) is 7.06. The van der Waals surface area contributed by atoms with E-state index in [1.165, 1.54) is 0 Å². The molecule has 0 amide bonds. The van der Waals surface area contributed by atoms with E-state index in [1.807, 2.05) is 66.7 Å². The molecule has 4 nitrogen and oxygen atoms in total. The SMILES string of the molecule is [N-]=[N+]=NCc1c(OCc2ccccc2)ccc2ccccc12. The maximum absolute atomic E-state index is 8.62. The molecule has 0 aliphatic rings. The molecule has 3 aromatic rings. The van der Waals surface area contributed by atoms with Gasteiger partial charge in [-0.1, -0.05) is 65.8 Å². The van der Waals surface area contributed by atoms with Crippen LogP contribution in [0.15, 0.2) is 71.8 Å². The fraction of sp³-hybridized carbons (Fsp3) is 0.111. The number of azide groups is 1. The third-order valence-electron chi connectivity index (χ3n) is 3.53. The van der Waals surface area contributed by atoms with Crippen molar-refractivity contribution >= 4 is 10.8 Å². The average Bonchev–Trinajstić information content (AvgIpc) is 2.59. The lowest BCUT2D eigenvalue weighted by Gasteiger charge is -2.13. The van der Waals surface area contributed by atoms with Crippen LogP contribution in [-0.4, -0.2) is 0 Å². The van der Waals surface area contributed by atoms with Gasteiger partial charge in [-0.25, -0.2) is 0 Å². The molecule has 4 heteroatoms. The van der Waals surface area contributed by atoms with Crippen LogP contribution in [0.3, 0.4) is 0 Å². The predicted octanol–water partition coefficient (Wildman–Crippen LogP) is 5.23. The van der Waals surface area contributed by atoms with E-state index in [1.54, 1.807) is 0 Å². The topological polar surface area (TPSA) is 58.0 Å². The monoisotopic (exact) mass is 289 g/mol. The molecule has 0 aliphatic heterocycles. The zero-order valence-corrected chi connectivity index (χ0v) is 12.0. The third-order valence-corrected chi connectivity index (χ3v) is 3.53. The maximum atomic E-state index is 8.62. The molecule has 0 aromatic heterocycles. The summed E-state index contributed by atoms with van der Waals surface area (Å²) in [5.74, 6) is 0.759. The van der Waals surface area contributed by atoms with E-state index in [0.29, 0.717) is 6.61 Å². The van der Waals surface area contributed by atoms with E-state index in [2.05, 4.69) is 10.0 Å². The second kappa shape index (κ2) is 6.66. The Morgan fingerprint density at radius 3 is 2.50 bits per heavy atom. The van der Waals surface area contributed by atoms with Crippen LogP contribution in [0.25, 0.3) is 21.2 Å². The number of rotatable bonds is 5. The number of fused-ring (bicyclic) bond motifs is 1. The van der Waals surface area contributed by atoms with Crippen LogP contribution in [-0.2, 0) is 13.2 Å². The lowest BCUT2D eigenvalue weighted by Crippen LogP contribution is -1.99. The van der Waals surface area contributed by atoms with Gasteiger partial charge in [0, 0.05) is 10.5 Å². The summed E-state index contributed by atoms with van der Waals surface area (Å²) in [6.45, 7) is 0.768. The Morgan fingerprint density at radius 2 is 1.68 bits per heavy atom. The van der Waals surface area contributed by atoms with Crippen molar-refractivity contribution in [3.63, 3.8) is 0 Å². The van der Waals surface area contributed by atoms with Gasteiger partial charge in [-0.05, 0) is 27.9 Å². The highest BCUT2D eigenvalue weighted by molar-refractivity contribution is 5.87. The number of hydrogen-bond donors (Lipinski definition) is 0. The summed E-state index contributed by atoms with van der Waals surface area (Å²) in [4.78, 5) is 2.87. The highest BCUT2D eigenvalue weighted by Gasteiger charge is 2.08. The Labute approximate surface area is 128 Å². The minimum Gasteiger partial charge on any atom is -0.489 e. The summed E-state index contributed by atoms with van der Waals surface area (Å²) in [5, 5.41) is 5.87. The van der Waals surface area contributed by atoms with Crippen molar-refractivity contribution in [2.24, 2.45) is 5.11 Å². The van der Waals surface area contributed by atoms with Crippen molar-refractivity contribution in [1.29, 1.82) is 0 Å². The van der Waals surface area contributed by atoms with Crippen molar-refractivity contribution in [3.8, 4) is 5.75 Å². The molecule has 0 spiro atoms. The summed E-state index contributed by atoms with van der Waals surface area (Å²) < 4.78 is 5.95. The molecule has 0 atom stereocenters. The summed E-state index contributed by atoms with van der Waals surface area (Å²) in [6, 6.07) is 22.0. The van der Waals surface area contributed by atoms with Gasteiger partial charge >= 0.3 is 0 Å². The van der Waals surface area contributed by atoms with Crippen molar-refractivity contribution in [2.75, 3.05) is 0 Å². The number of ether oxygens (including phenoxy) is 1. The molecule has 0 unspecified atom stereocenters. The number of nitrogens with zero attached hydrogens (tertiary/aromatic N) is 3. The van der Waals surface area contributed by atoms with E-state index in [9.17, 15) is 0 Å². The zero-order chi connectivity index (χ0) is 15.2. The van der Waals surface area contributed by atoms with Gasteiger partial charge in [-0.3, -0.25) is 0 Å². The summed E-state index contributed by atoms with van der Waals surface area (Å²) >= 11 is 0. The Morgan fingerprint density at radius 1 is 0.909 bits per heavy atom. The van der Waals surface area contributed by atoms with Gasteiger partial charge in [0.05, 0.1) is 6.54 Å². The predicted molar refractivity (Wildman–Crippen MR) is 87.6 cm³/mol. The third kappa shape index (κ3) is 3.03.